The van der Waals surface area contributed by atoms with Crippen molar-refractivity contribution in [3.63, 3.8) is 0 Å². The standard InChI is InChI=1S/C25H26N6O4S/c1-15(2)27-25-29-22-14-30(24(33)21-13-20-19(28-21)5-4-11-26-20)12-10-18(22)23(32)31(25)16-6-8-17(9-7-16)36(3,34)35/h4-9,11,13,15,28H,10,12,14H2,1-3H3,(H,27,29). The van der Waals surface area contributed by atoms with Crippen LogP contribution in [0, 0.1) is 0 Å². The molecule has 0 spiro atoms. The number of H-pyrrole nitrogens is 1. The SMILES string of the molecule is CC(C)Nc1nc2c(c(=O)n1-c1ccc(S(C)(=O)=O)cc1)CCN(C(=O)c1cc3ncccc3[nH]1)C2. The van der Waals surface area contributed by atoms with Crippen LogP contribution in [0.15, 0.2) is 58.4 Å². The summed E-state index contributed by atoms with van der Waals surface area (Å²) in [6.45, 7) is 4.44. The maximum absolute atomic E-state index is 13.6. The molecule has 0 fully saturated rings. The smallest absolute Gasteiger partial charge is 0.270 e. The number of fused-ring (bicyclic) bond motifs is 2. The molecule has 5 rings (SSSR count). The van der Waals surface area contributed by atoms with E-state index in [0.717, 1.165) is 11.8 Å². The van der Waals surface area contributed by atoms with Gasteiger partial charge in [0.1, 0.15) is 5.69 Å². The van der Waals surface area contributed by atoms with Crippen molar-refractivity contribution in [3.8, 4) is 5.69 Å². The van der Waals surface area contributed by atoms with Gasteiger partial charge in [0.05, 0.1) is 33.9 Å². The molecular weight excluding hydrogens is 480 g/mol. The Morgan fingerprint density at radius 3 is 2.58 bits per heavy atom. The summed E-state index contributed by atoms with van der Waals surface area (Å²) in [6, 6.07) is 11.5. The molecule has 10 nitrogen and oxygen atoms in total. The molecule has 1 aliphatic heterocycles. The van der Waals surface area contributed by atoms with E-state index in [1.54, 1.807) is 35.4 Å². The van der Waals surface area contributed by atoms with E-state index < -0.39 is 9.84 Å². The van der Waals surface area contributed by atoms with Crippen LogP contribution in [0.3, 0.4) is 0 Å². The first kappa shape index (κ1) is 23.7. The lowest BCUT2D eigenvalue weighted by atomic mass is 10.1. The Bertz CT molecular complexity index is 1600. The van der Waals surface area contributed by atoms with Crippen LogP contribution < -0.4 is 10.9 Å². The minimum absolute atomic E-state index is 0.0170. The van der Waals surface area contributed by atoms with Crippen LogP contribution in [0.4, 0.5) is 5.95 Å². The topological polar surface area (TPSA) is 130 Å². The molecule has 3 aromatic heterocycles. The van der Waals surface area contributed by atoms with Gasteiger partial charge in [-0.2, -0.15) is 0 Å². The van der Waals surface area contributed by atoms with Crippen LogP contribution in [-0.4, -0.2) is 57.6 Å². The highest BCUT2D eigenvalue weighted by molar-refractivity contribution is 7.90. The summed E-state index contributed by atoms with van der Waals surface area (Å²) >= 11 is 0. The van der Waals surface area contributed by atoms with Gasteiger partial charge in [0.15, 0.2) is 9.84 Å². The third-order valence-corrected chi connectivity index (χ3v) is 7.21. The van der Waals surface area contributed by atoms with Gasteiger partial charge in [0, 0.05) is 30.6 Å². The molecule has 0 atom stereocenters. The highest BCUT2D eigenvalue weighted by atomic mass is 32.2. The van der Waals surface area contributed by atoms with Crippen molar-refractivity contribution >= 4 is 32.7 Å². The first-order valence-corrected chi connectivity index (χ1v) is 13.5. The van der Waals surface area contributed by atoms with Gasteiger partial charge in [-0.15, -0.1) is 0 Å². The van der Waals surface area contributed by atoms with E-state index in [0.29, 0.717) is 47.1 Å². The second-order valence-corrected chi connectivity index (χ2v) is 11.2. The summed E-state index contributed by atoms with van der Waals surface area (Å²) in [5.41, 5.74) is 3.29. The molecular formula is C25H26N6O4S. The van der Waals surface area contributed by atoms with Gasteiger partial charge in [-0.1, -0.05) is 0 Å². The minimum Gasteiger partial charge on any atom is -0.353 e. The molecule has 36 heavy (non-hydrogen) atoms. The number of anilines is 1. The second kappa shape index (κ2) is 8.90. The third kappa shape index (κ3) is 4.37. The van der Waals surface area contributed by atoms with Crippen LogP contribution in [-0.2, 0) is 22.8 Å². The number of sulfone groups is 1. The summed E-state index contributed by atoms with van der Waals surface area (Å²) in [4.78, 5) is 40.8. The number of amides is 1. The zero-order valence-electron chi connectivity index (χ0n) is 20.1. The fourth-order valence-electron chi connectivity index (χ4n) is 4.34. The van der Waals surface area contributed by atoms with Crippen LogP contribution in [0.5, 0.6) is 0 Å². The van der Waals surface area contributed by atoms with Crippen molar-refractivity contribution < 1.29 is 13.2 Å². The second-order valence-electron chi connectivity index (χ2n) is 9.16. The van der Waals surface area contributed by atoms with Gasteiger partial charge < -0.3 is 15.2 Å². The number of benzene rings is 1. The molecule has 4 aromatic rings. The predicted molar refractivity (Wildman–Crippen MR) is 136 cm³/mol. The lowest BCUT2D eigenvalue weighted by Gasteiger charge is -2.29. The molecule has 0 bridgehead atoms. The Morgan fingerprint density at radius 1 is 1.17 bits per heavy atom. The molecule has 0 saturated heterocycles. The molecule has 1 amide bonds. The summed E-state index contributed by atoms with van der Waals surface area (Å²) in [5.74, 6) is 0.157. The predicted octanol–water partition coefficient (Wildman–Crippen LogP) is 2.53. The normalized spacial score (nSPS) is 13.7. The minimum atomic E-state index is -3.36. The van der Waals surface area contributed by atoms with Gasteiger partial charge in [-0.3, -0.25) is 14.6 Å². The van der Waals surface area contributed by atoms with Gasteiger partial charge in [0.25, 0.3) is 11.5 Å². The molecule has 1 aliphatic rings. The Hall–Kier alpha value is -3.99. The monoisotopic (exact) mass is 506 g/mol. The van der Waals surface area contributed by atoms with Crippen LogP contribution in [0.25, 0.3) is 16.7 Å². The lowest BCUT2D eigenvalue weighted by molar-refractivity contribution is 0.0726. The van der Waals surface area contributed by atoms with Crippen LogP contribution in [0.1, 0.15) is 35.6 Å². The number of carbonyl (C=O) groups excluding carboxylic acids is 1. The highest BCUT2D eigenvalue weighted by Crippen LogP contribution is 2.23. The van der Waals surface area contributed by atoms with Crippen molar-refractivity contribution in [2.75, 3.05) is 18.1 Å². The molecule has 11 heteroatoms. The van der Waals surface area contributed by atoms with Gasteiger partial charge in [-0.25, -0.2) is 18.0 Å². The summed E-state index contributed by atoms with van der Waals surface area (Å²) in [5, 5.41) is 3.22. The molecule has 0 unspecified atom stereocenters. The fraction of sp³-hybridized carbons (Fsp3) is 0.280. The third-order valence-electron chi connectivity index (χ3n) is 6.08. The van der Waals surface area contributed by atoms with E-state index in [-0.39, 0.29) is 28.9 Å². The highest BCUT2D eigenvalue weighted by Gasteiger charge is 2.28. The number of hydrogen-bond acceptors (Lipinski definition) is 7. The maximum atomic E-state index is 13.6. The first-order valence-electron chi connectivity index (χ1n) is 11.6. The van der Waals surface area contributed by atoms with E-state index >= 15 is 0 Å². The molecule has 0 aliphatic carbocycles. The van der Waals surface area contributed by atoms with Crippen molar-refractivity contribution in [3.05, 3.63) is 76.0 Å². The van der Waals surface area contributed by atoms with Gasteiger partial charge in [0.2, 0.25) is 5.95 Å². The van der Waals surface area contributed by atoms with Crippen molar-refractivity contribution in [2.24, 2.45) is 0 Å². The first-order chi connectivity index (χ1) is 17.1. The number of rotatable bonds is 5. The number of nitrogens with zero attached hydrogens (tertiary/aromatic N) is 4. The molecule has 0 saturated carbocycles. The average Bonchev–Trinajstić information content (AvgIpc) is 3.27. The van der Waals surface area contributed by atoms with Crippen LogP contribution >= 0.6 is 0 Å². The summed E-state index contributed by atoms with van der Waals surface area (Å²) in [7, 11) is -3.36. The number of aromatic nitrogens is 4. The van der Waals surface area contributed by atoms with E-state index in [4.69, 9.17) is 4.98 Å². The number of pyridine rings is 1. The lowest BCUT2D eigenvalue weighted by Crippen LogP contribution is -2.41. The van der Waals surface area contributed by atoms with Crippen molar-refractivity contribution in [2.45, 2.75) is 37.8 Å². The van der Waals surface area contributed by atoms with Crippen molar-refractivity contribution in [1.29, 1.82) is 0 Å². The fourth-order valence-corrected chi connectivity index (χ4v) is 4.97. The Balaban J connectivity index is 1.52. The molecule has 2 N–H and O–H groups in total. The zero-order chi connectivity index (χ0) is 25.6. The van der Waals surface area contributed by atoms with E-state index in [2.05, 4.69) is 15.3 Å². The Kier molecular flexibility index (Phi) is 5.87. The molecule has 4 heterocycles. The van der Waals surface area contributed by atoms with Crippen LogP contribution in [0.2, 0.25) is 0 Å². The zero-order valence-corrected chi connectivity index (χ0v) is 21.0. The largest absolute Gasteiger partial charge is 0.353 e. The van der Waals surface area contributed by atoms with E-state index in [9.17, 15) is 18.0 Å². The molecule has 1 aromatic carbocycles. The number of hydrogen-bond donors (Lipinski definition) is 2. The summed E-state index contributed by atoms with van der Waals surface area (Å²) in [6.07, 6.45) is 3.17. The molecule has 0 radical (unpaired) electrons. The van der Waals surface area contributed by atoms with E-state index in [1.165, 1.54) is 16.7 Å². The quantitative estimate of drug-likeness (QED) is 0.425. The van der Waals surface area contributed by atoms with Crippen molar-refractivity contribution in [1.82, 2.24) is 24.4 Å². The maximum Gasteiger partial charge on any atom is 0.270 e. The summed E-state index contributed by atoms with van der Waals surface area (Å²) < 4.78 is 25.2. The number of aromatic amines is 1. The average molecular weight is 507 g/mol. The van der Waals surface area contributed by atoms with Gasteiger partial charge >= 0.3 is 0 Å². The Morgan fingerprint density at radius 2 is 1.92 bits per heavy atom. The van der Waals surface area contributed by atoms with E-state index in [1.807, 2.05) is 19.9 Å². The van der Waals surface area contributed by atoms with Gasteiger partial charge in [-0.05, 0) is 62.7 Å². The number of carbonyl (C=O) groups is 1. The Labute approximate surface area is 207 Å². The molecule has 186 valence electrons. The number of nitrogens with one attached hydrogen (secondary N) is 2.